The van der Waals surface area contributed by atoms with Crippen molar-refractivity contribution in [3.8, 4) is 0 Å². The van der Waals surface area contributed by atoms with E-state index in [9.17, 15) is 27.2 Å². The molecule has 0 radical (unpaired) electrons. The molecule has 0 saturated carbocycles. The van der Waals surface area contributed by atoms with Crippen molar-refractivity contribution in [2.24, 2.45) is 11.8 Å². The van der Waals surface area contributed by atoms with Crippen LogP contribution in [0.2, 0.25) is 0 Å². The number of alkyl halides is 4. The van der Waals surface area contributed by atoms with Crippen LogP contribution in [-0.4, -0.2) is 35.8 Å². The monoisotopic (exact) mass is 366 g/mol. The Balaban J connectivity index is 1.99. The third-order valence-corrected chi connectivity index (χ3v) is 4.15. The third kappa shape index (κ3) is 4.53. The molecular formula is C14H14F4N2O3S. The SMILES string of the molecule is O=C(Nc1nccs1)[C@H]1CC=CC[C@H]1C(=O)OCC(F)(F)C(F)F. The number of hydrogen-bond acceptors (Lipinski definition) is 5. The summed E-state index contributed by atoms with van der Waals surface area (Å²) in [5, 5.41) is 4.51. The number of carbonyl (C=O) groups excluding carboxylic acids is 2. The number of halogens is 4. The molecule has 0 bridgehead atoms. The first kappa shape index (κ1) is 18.4. The Morgan fingerprint density at radius 1 is 1.33 bits per heavy atom. The number of allylic oxidation sites excluding steroid dienone is 2. The Morgan fingerprint density at radius 2 is 2.00 bits per heavy atom. The zero-order valence-corrected chi connectivity index (χ0v) is 13.1. The van der Waals surface area contributed by atoms with Crippen LogP contribution in [0.25, 0.3) is 0 Å². The molecule has 0 unspecified atom stereocenters. The van der Waals surface area contributed by atoms with E-state index in [1.54, 1.807) is 17.5 Å². The van der Waals surface area contributed by atoms with Gasteiger partial charge in [-0.25, -0.2) is 13.8 Å². The molecule has 2 rings (SSSR count). The van der Waals surface area contributed by atoms with Crippen molar-refractivity contribution >= 4 is 28.3 Å². The van der Waals surface area contributed by atoms with Crippen LogP contribution in [0.3, 0.4) is 0 Å². The standard InChI is InChI=1S/C14H14F4N2O3S/c15-12(16)14(17,18)7-23-11(22)9-4-2-1-3-8(9)10(21)20-13-19-5-6-24-13/h1-2,5-6,8-9,12H,3-4,7H2,(H,19,20,21)/t8-,9+/m0/s1. The van der Waals surface area contributed by atoms with Gasteiger partial charge in [0.25, 0.3) is 0 Å². The van der Waals surface area contributed by atoms with Crippen LogP contribution in [0.15, 0.2) is 23.7 Å². The smallest absolute Gasteiger partial charge is 0.340 e. The molecule has 0 fully saturated rings. The molecule has 10 heteroatoms. The van der Waals surface area contributed by atoms with E-state index in [2.05, 4.69) is 15.0 Å². The summed E-state index contributed by atoms with van der Waals surface area (Å²) in [7, 11) is 0. The number of ether oxygens (including phenoxy) is 1. The van der Waals surface area contributed by atoms with Gasteiger partial charge in [-0.2, -0.15) is 8.78 Å². The minimum atomic E-state index is -4.42. The number of thiazole rings is 1. The maximum absolute atomic E-state index is 12.9. The molecule has 132 valence electrons. The van der Waals surface area contributed by atoms with Crippen molar-refractivity contribution in [3.63, 3.8) is 0 Å². The molecule has 24 heavy (non-hydrogen) atoms. The van der Waals surface area contributed by atoms with Crippen molar-refractivity contribution in [3.05, 3.63) is 23.7 Å². The van der Waals surface area contributed by atoms with Crippen LogP contribution in [-0.2, 0) is 14.3 Å². The maximum atomic E-state index is 12.9. The van der Waals surface area contributed by atoms with E-state index in [1.165, 1.54) is 17.5 Å². The summed E-state index contributed by atoms with van der Waals surface area (Å²) in [6.45, 7) is -1.72. The zero-order chi connectivity index (χ0) is 17.7. The Hall–Kier alpha value is -1.97. The average molecular weight is 366 g/mol. The van der Waals surface area contributed by atoms with Crippen LogP contribution in [0, 0.1) is 11.8 Å². The topological polar surface area (TPSA) is 68.3 Å². The lowest BCUT2D eigenvalue weighted by Gasteiger charge is -2.26. The lowest BCUT2D eigenvalue weighted by atomic mass is 9.82. The molecule has 1 aromatic rings. The van der Waals surface area contributed by atoms with Crippen molar-refractivity contribution in [2.75, 3.05) is 11.9 Å². The largest absolute Gasteiger partial charge is 0.459 e. The summed E-state index contributed by atoms with van der Waals surface area (Å²) >= 11 is 1.18. The number of amides is 1. The van der Waals surface area contributed by atoms with Crippen LogP contribution < -0.4 is 5.32 Å². The summed E-state index contributed by atoms with van der Waals surface area (Å²) in [6.07, 6.45) is 1.17. The number of carbonyl (C=O) groups is 2. The van der Waals surface area contributed by atoms with Gasteiger partial charge in [0, 0.05) is 11.6 Å². The average Bonchev–Trinajstić information content (AvgIpc) is 3.05. The summed E-state index contributed by atoms with van der Waals surface area (Å²) in [5.74, 6) is -7.87. The molecule has 1 heterocycles. The van der Waals surface area contributed by atoms with Crippen LogP contribution in [0.4, 0.5) is 22.7 Å². The summed E-state index contributed by atoms with van der Waals surface area (Å²) in [5.41, 5.74) is 0. The molecule has 1 aliphatic carbocycles. The van der Waals surface area contributed by atoms with Gasteiger partial charge < -0.3 is 10.1 Å². The van der Waals surface area contributed by atoms with Gasteiger partial charge in [-0.1, -0.05) is 12.2 Å². The lowest BCUT2D eigenvalue weighted by molar-refractivity contribution is -0.184. The quantitative estimate of drug-likeness (QED) is 0.477. The van der Waals surface area contributed by atoms with Gasteiger partial charge in [0.1, 0.15) is 0 Å². The highest BCUT2D eigenvalue weighted by Gasteiger charge is 2.43. The van der Waals surface area contributed by atoms with Gasteiger partial charge in [-0.3, -0.25) is 9.59 Å². The molecule has 0 saturated heterocycles. The zero-order valence-electron chi connectivity index (χ0n) is 12.3. The molecule has 2 atom stereocenters. The van der Waals surface area contributed by atoms with Crippen molar-refractivity contribution in [1.29, 1.82) is 0 Å². The molecule has 0 aliphatic heterocycles. The van der Waals surface area contributed by atoms with Crippen molar-refractivity contribution in [2.45, 2.75) is 25.2 Å². The van der Waals surface area contributed by atoms with E-state index in [0.717, 1.165) is 0 Å². The van der Waals surface area contributed by atoms with Gasteiger partial charge in [0.05, 0.1) is 11.8 Å². The highest BCUT2D eigenvalue weighted by Crippen LogP contribution is 2.30. The second kappa shape index (κ2) is 7.73. The third-order valence-electron chi connectivity index (χ3n) is 3.46. The van der Waals surface area contributed by atoms with Gasteiger partial charge in [0.2, 0.25) is 5.91 Å². The number of rotatable bonds is 6. The van der Waals surface area contributed by atoms with Crippen LogP contribution in [0.5, 0.6) is 0 Å². The van der Waals surface area contributed by atoms with Gasteiger partial charge in [-0.05, 0) is 12.8 Å². The normalized spacial score (nSPS) is 20.9. The van der Waals surface area contributed by atoms with Crippen molar-refractivity contribution in [1.82, 2.24) is 4.98 Å². The summed E-state index contributed by atoms with van der Waals surface area (Å²) in [4.78, 5) is 28.1. The number of aromatic nitrogens is 1. The first-order valence-corrected chi connectivity index (χ1v) is 7.87. The van der Waals surface area contributed by atoms with E-state index in [4.69, 9.17) is 0 Å². The van der Waals surface area contributed by atoms with E-state index in [0.29, 0.717) is 5.13 Å². The van der Waals surface area contributed by atoms with Gasteiger partial charge in [0.15, 0.2) is 11.7 Å². The van der Waals surface area contributed by atoms with Gasteiger partial charge >= 0.3 is 18.3 Å². The van der Waals surface area contributed by atoms with E-state index in [1.807, 2.05) is 0 Å². The second-order valence-corrected chi connectivity index (χ2v) is 6.05. The Kier molecular flexibility index (Phi) is 5.92. The van der Waals surface area contributed by atoms with Crippen LogP contribution >= 0.6 is 11.3 Å². The fourth-order valence-electron chi connectivity index (χ4n) is 2.19. The first-order valence-electron chi connectivity index (χ1n) is 6.99. The lowest BCUT2D eigenvalue weighted by Crippen LogP contribution is -2.39. The first-order chi connectivity index (χ1) is 11.3. The predicted octanol–water partition coefficient (Wildman–Crippen LogP) is 3.11. The molecule has 0 aromatic carbocycles. The Labute approximate surface area is 138 Å². The van der Waals surface area contributed by atoms with Crippen molar-refractivity contribution < 1.29 is 31.9 Å². The van der Waals surface area contributed by atoms with E-state index >= 15 is 0 Å². The second-order valence-electron chi connectivity index (χ2n) is 5.15. The maximum Gasteiger partial charge on any atom is 0.340 e. The predicted molar refractivity (Wildman–Crippen MR) is 78.0 cm³/mol. The summed E-state index contributed by atoms with van der Waals surface area (Å²) in [6, 6.07) is 0. The van der Waals surface area contributed by atoms with Crippen LogP contribution in [0.1, 0.15) is 12.8 Å². The molecule has 0 spiro atoms. The highest BCUT2D eigenvalue weighted by atomic mass is 32.1. The number of esters is 1. The highest BCUT2D eigenvalue weighted by molar-refractivity contribution is 7.13. The molecule has 1 amide bonds. The molecular weight excluding hydrogens is 352 g/mol. The molecule has 1 aromatic heterocycles. The minimum Gasteiger partial charge on any atom is -0.459 e. The number of anilines is 1. The molecule has 5 nitrogen and oxygen atoms in total. The molecule has 1 aliphatic rings. The summed E-state index contributed by atoms with van der Waals surface area (Å²) < 4.78 is 54.2. The Morgan fingerprint density at radius 3 is 2.58 bits per heavy atom. The fraction of sp³-hybridized carbons (Fsp3) is 0.500. The number of nitrogens with zero attached hydrogens (tertiary/aromatic N) is 1. The number of hydrogen-bond donors (Lipinski definition) is 1. The van der Waals surface area contributed by atoms with E-state index in [-0.39, 0.29) is 12.8 Å². The fourth-order valence-corrected chi connectivity index (χ4v) is 2.72. The number of nitrogens with one attached hydrogen (secondary N) is 1. The minimum absolute atomic E-state index is 0.106. The Bertz CT molecular complexity index is 607. The van der Waals surface area contributed by atoms with Gasteiger partial charge in [-0.15, -0.1) is 11.3 Å². The van der Waals surface area contributed by atoms with E-state index < -0.39 is 42.7 Å². The molecule has 1 N–H and O–H groups in total.